The van der Waals surface area contributed by atoms with Crippen molar-refractivity contribution in [2.45, 2.75) is 10.1 Å². The number of allylic oxidation sites excluding steroid dienone is 2. The van der Waals surface area contributed by atoms with Gasteiger partial charge in [0.25, 0.3) is 0 Å². The van der Waals surface area contributed by atoms with Gasteiger partial charge in [0.05, 0.1) is 5.92 Å². The second-order valence-corrected chi connectivity index (χ2v) is 5.59. The van der Waals surface area contributed by atoms with Crippen LogP contribution in [0.1, 0.15) is 10.4 Å². The lowest BCUT2D eigenvalue weighted by Crippen LogP contribution is -2.29. The summed E-state index contributed by atoms with van der Waals surface area (Å²) in [6.45, 7) is 0.0444. The van der Waals surface area contributed by atoms with E-state index in [0.717, 1.165) is 16.7 Å². The first-order valence-corrected chi connectivity index (χ1v) is 6.94. The summed E-state index contributed by atoms with van der Waals surface area (Å²) in [5.41, 5.74) is 0.795. The van der Waals surface area contributed by atoms with Crippen molar-refractivity contribution in [3.63, 3.8) is 0 Å². The highest BCUT2D eigenvalue weighted by molar-refractivity contribution is 8.00. The third-order valence-electron chi connectivity index (χ3n) is 3.19. The lowest BCUT2D eigenvalue weighted by Gasteiger charge is -2.29. The second kappa shape index (κ2) is 5.05. The number of hydrogen-bond acceptors (Lipinski definition) is 4. The van der Waals surface area contributed by atoms with Gasteiger partial charge in [0, 0.05) is 15.7 Å². The van der Waals surface area contributed by atoms with Crippen molar-refractivity contribution in [1.82, 2.24) is 0 Å². The van der Waals surface area contributed by atoms with Crippen molar-refractivity contribution in [1.29, 1.82) is 0 Å². The van der Waals surface area contributed by atoms with Crippen molar-refractivity contribution in [2.24, 2.45) is 5.92 Å². The molecule has 3 rings (SSSR count). The Morgan fingerprint density at radius 2 is 2.16 bits per heavy atom. The Balaban J connectivity index is 1.89. The number of fused-ring (bicyclic) bond motifs is 2. The zero-order valence-corrected chi connectivity index (χ0v) is 10.9. The minimum Gasteiger partial charge on any atom is -0.486 e. The molecule has 0 bridgehead atoms. The highest BCUT2D eigenvalue weighted by Gasteiger charge is 2.35. The molecule has 2 aliphatic rings. The van der Waals surface area contributed by atoms with E-state index >= 15 is 0 Å². The van der Waals surface area contributed by atoms with E-state index in [1.807, 2.05) is 36.4 Å². The SMILES string of the molecule is O=CCOC1=CC2Sc3ccccc3C(=O)C2C=C1. The average molecular weight is 272 g/mol. The number of aldehydes is 1. The van der Waals surface area contributed by atoms with Gasteiger partial charge in [-0.3, -0.25) is 9.59 Å². The molecule has 1 aromatic carbocycles. The molecule has 2 atom stereocenters. The molecule has 0 spiro atoms. The number of hydrogen-bond donors (Lipinski definition) is 0. The summed E-state index contributed by atoms with van der Waals surface area (Å²) < 4.78 is 5.29. The van der Waals surface area contributed by atoms with E-state index < -0.39 is 0 Å². The molecule has 0 saturated carbocycles. The quantitative estimate of drug-likeness (QED) is 0.793. The summed E-state index contributed by atoms with van der Waals surface area (Å²) in [6, 6.07) is 7.66. The Labute approximate surface area is 115 Å². The number of thioether (sulfide) groups is 1. The van der Waals surface area contributed by atoms with Gasteiger partial charge in [-0.2, -0.15) is 0 Å². The van der Waals surface area contributed by atoms with Crippen molar-refractivity contribution in [3.8, 4) is 0 Å². The monoisotopic (exact) mass is 272 g/mol. The number of carbonyl (C=O) groups is 2. The minimum atomic E-state index is -0.136. The fourth-order valence-corrected chi connectivity index (χ4v) is 3.61. The molecular formula is C15H12O3S. The molecule has 0 saturated heterocycles. The first kappa shape index (κ1) is 12.2. The predicted octanol–water partition coefficient (Wildman–Crippen LogP) is 2.63. The molecule has 96 valence electrons. The van der Waals surface area contributed by atoms with E-state index in [4.69, 9.17) is 4.74 Å². The van der Waals surface area contributed by atoms with Gasteiger partial charge in [0.1, 0.15) is 12.4 Å². The zero-order valence-electron chi connectivity index (χ0n) is 10.1. The third kappa shape index (κ3) is 2.24. The smallest absolute Gasteiger partial charge is 0.172 e. The summed E-state index contributed by atoms with van der Waals surface area (Å²) in [5, 5.41) is 0.0500. The molecule has 1 aliphatic carbocycles. The Morgan fingerprint density at radius 3 is 3.00 bits per heavy atom. The normalized spacial score (nSPS) is 24.2. The van der Waals surface area contributed by atoms with Crippen LogP contribution >= 0.6 is 11.8 Å². The summed E-state index contributed by atoms with van der Waals surface area (Å²) in [5.74, 6) is 0.679. The van der Waals surface area contributed by atoms with Gasteiger partial charge in [0.2, 0.25) is 0 Å². The van der Waals surface area contributed by atoms with Crippen LogP contribution in [-0.4, -0.2) is 23.9 Å². The number of Topliss-reactive ketones (excluding diaryl/α,β-unsaturated/α-hetero) is 1. The fourth-order valence-electron chi connectivity index (χ4n) is 2.30. The van der Waals surface area contributed by atoms with Crippen LogP contribution in [0.15, 0.2) is 53.1 Å². The van der Waals surface area contributed by atoms with Crippen LogP contribution in [0.3, 0.4) is 0 Å². The number of benzene rings is 1. The molecule has 0 aromatic heterocycles. The highest BCUT2D eigenvalue weighted by atomic mass is 32.2. The first-order valence-electron chi connectivity index (χ1n) is 6.06. The standard InChI is InChI=1S/C15H12O3S/c16-7-8-18-10-5-6-12-14(9-10)19-13-4-2-1-3-11(13)15(12)17/h1-7,9,12,14H,8H2. The average Bonchev–Trinajstić information content (AvgIpc) is 2.45. The lowest BCUT2D eigenvalue weighted by molar-refractivity contribution is -0.110. The molecule has 1 aromatic rings. The van der Waals surface area contributed by atoms with Crippen LogP contribution in [0.4, 0.5) is 0 Å². The van der Waals surface area contributed by atoms with Crippen LogP contribution in [0, 0.1) is 5.92 Å². The Morgan fingerprint density at radius 1 is 1.32 bits per heavy atom. The van der Waals surface area contributed by atoms with Crippen LogP contribution in [0.2, 0.25) is 0 Å². The Kier molecular flexibility index (Phi) is 3.25. The Bertz CT molecular complexity index is 589. The molecule has 2 unspecified atom stereocenters. The highest BCUT2D eigenvalue weighted by Crippen LogP contribution is 2.41. The number of ketones is 1. The third-order valence-corrected chi connectivity index (χ3v) is 4.50. The molecule has 0 fully saturated rings. The molecule has 0 radical (unpaired) electrons. The van der Waals surface area contributed by atoms with Gasteiger partial charge in [0.15, 0.2) is 12.1 Å². The van der Waals surface area contributed by atoms with Crippen LogP contribution < -0.4 is 0 Å². The molecule has 1 heterocycles. The maximum Gasteiger partial charge on any atom is 0.172 e. The number of rotatable bonds is 3. The molecule has 1 aliphatic heterocycles. The topological polar surface area (TPSA) is 43.4 Å². The van der Waals surface area contributed by atoms with Crippen LogP contribution in [-0.2, 0) is 9.53 Å². The van der Waals surface area contributed by atoms with E-state index in [1.54, 1.807) is 17.8 Å². The van der Waals surface area contributed by atoms with E-state index in [9.17, 15) is 9.59 Å². The fraction of sp³-hybridized carbons (Fsp3) is 0.200. The Hall–Kier alpha value is -1.81. The molecular weight excluding hydrogens is 260 g/mol. The molecule has 0 N–H and O–H groups in total. The maximum atomic E-state index is 12.4. The number of carbonyl (C=O) groups excluding carboxylic acids is 2. The van der Waals surface area contributed by atoms with Gasteiger partial charge >= 0.3 is 0 Å². The number of ether oxygens (including phenoxy) is 1. The van der Waals surface area contributed by atoms with Crippen LogP contribution in [0.5, 0.6) is 0 Å². The van der Waals surface area contributed by atoms with Crippen molar-refractivity contribution in [2.75, 3.05) is 6.61 Å². The lowest BCUT2D eigenvalue weighted by atomic mass is 9.90. The summed E-state index contributed by atoms with van der Waals surface area (Å²) in [6.07, 6.45) is 6.29. The minimum absolute atomic E-state index is 0.0444. The van der Waals surface area contributed by atoms with Gasteiger partial charge in [-0.05, 0) is 18.2 Å². The molecule has 19 heavy (non-hydrogen) atoms. The van der Waals surface area contributed by atoms with E-state index in [2.05, 4.69) is 0 Å². The van der Waals surface area contributed by atoms with Gasteiger partial charge in [-0.25, -0.2) is 0 Å². The maximum absolute atomic E-state index is 12.4. The van der Waals surface area contributed by atoms with E-state index in [-0.39, 0.29) is 23.6 Å². The van der Waals surface area contributed by atoms with Gasteiger partial charge < -0.3 is 4.74 Å². The zero-order chi connectivity index (χ0) is 13.2. The van der Waals surface area contributed by atoms with E-state index in [1.165, 1.54) is 0 Å². The van der Waals surface area contributed by atoms with Crippen molar-refractivity contribution >= 4 is 23.8 Å². The van der Waals surface area contributed by atoms with Gasteiger partial charge in [-0.15, -0.1) is 11.8 Å². The molecule has 0 amide bonds. The van der Waals surface area contributed by atoms with Gasteiger partial charge in [-0.1, -0.05) is 24.3 Å². The van der Waals surface area contributed by atoms with Crippen LogP contribution in [0.25, 0.3) is 0 Å². The summed E-state index contributed by atoms with van der Waals surface area (Å²) in [4.78, 5) is 23.7. The largest absolute Gasteiger partial charge is 0.486 e. The molecule has 4 heteroatoms. The van der Waals surface area contributed by atoms with Crippen molar-refractivity contribution in [3.05, 3.63) is 53.8 Å². The predicted molar refractivity (Wildman–Crippen MR) is 73.1 cm³/mol. The van der Waals surface area contributed by atoms with E-state index in [0.29, 0.717) is 5.76 Å². The summed E-state index contributed by atoms with van der Waals surface area (Å²) in [7, 11) is 0. The van der Waals surface area contributed by atoms with Crippen molar-refractivity contribution < 1.29 is 14.3 Å². The first-order chi connectivity index (χ1) is 9.29. The summed E-state index contributed by atoms with van der Waals surface area (Å²) >= 11 is 1.67. The second-order valence-electron chi connectivity index (χ2n) is 4.37. The molecule has 3 nitrogen and oxygen atoms in total.